The molecule has 3 rings (SSSR count). The second-order valence-electron chi connectivity index (χ2n) is 5.05. The van der Waals surface area contributed by atoms with E-state index >= 15 is 0 Å². The third-order valence-electron chi connectivity index (χ3n) is 3.62. The topological polar surface area (TPSA) is 34.4 Å². The highest BCUT2D eigenvalue weighted by Crippen LogP contribution is 2.22. The molecule has 1 amide bonds. The van der Waals surface area contributed by atoms with E-state index in [1.807, 2.05) is 23.6 Å². The molecule has 1 aromatic carbocycles. The smallest absolute Gasteiger partial charge is 0.272 e. The van der Waals surface area contributed by atoms with Crippen molar-refractivity contribution in [2.45, 2.75) is 26.8 Å². The van der Waals surface area contributed by atoms with Gasteiger partial charge in [0.15, 0.2) is 4.80 Å². The summed E-state index contributed by atoms with van der Waals surface area (Å²) >= 11 is 3.18. The third kappa shape index (κ3) is 3.35. The van der Waals surface area contributed by atoms with Crippen LogP contribution in [0.4, 0.5) is 0 Å². The van der Waals surface area contributed by atoms with Gasteiger partial charge in [0.1, 0.15) is 0 Å². The average Bonchev–Trinajstić information content (AvgIpc) is 3.19. The summed E-state index contributed by atoms with van der Waals surface area (Å²) in [5.74, 6) is -0.217. The van der Waals surface area contributed by atoms with Crippen molar-refractivity contribution in [1.29, 1.82) is 0 Å². The first-order valence-electron chi connectivity index (χ1n) is 7.64. The third-order valence-corrected chi connectivity index (χ3v) is 5.50. The Hall–Kier alpha value is -1.98. The molecule has 0 N–H and O–H groups in total. The van der Waals surface area contributed by atoms with Gasteiger partial charge in [-0.1, -0.05) is 36.5 Å². The van der Waals surface area contributed by atoms with Gasteiger partial charge in [-0.05, 0) is 42.5 Å². The normalized spacial score (nSPS) is 12.5. The van der Waals surface area contributed by atoms with E-state index in [2.05, 4.69) is 41.6 Å². The van der Waals surface area contributed by atoms with Crippen LogP contribution in [0.1, 0.15) is 24.3 Å². The number of hydrogen-bond acceptors (Lipinski definition) is 3. The molecule has 0 radical (unpaired) electrons. The van der Waals surface area contributed by atoms with Crippen molar-refractivity contribution in [1.82, 2.24) is 4.57 Å². The maximum Gasteiger partial charge on any atom is 0.272 e. The zero-order valence-electron chi connectivity index (χ0n) is 13.2. The fourth-order valence-corrected chi connectivity index (χ4v) is 4.30. The Morgan fingerprint density at radius 1 is 1.26 bits per heavy atom. The molecular weight excluding hydrogens is 324 g/mol. The molecule has 0 unspecified atom stereocenters. The van der Waals surface area contributed by atoms with Gasteiger partial charge < -0.3 is 4.57 Å². The number of carbonyl (C=O) groups excluding carboxylic acids is 1. The van der Waals surface area contributed by atoms with Gasteiger partial charge in [-0.2, -0.15) is 4.99 Å². The van der Waals surface area contributed by atoms with E-state index in [0.29, 0.717) is 0 Å². The number of aromatic nitrogens is 1. The molecule has 0 saturated carbocycles. The predicted molar refractivity (Wildman–Crippen MR) is 98.8 cm³/mol. The number of benzene rings is 1. The van der Waals surface area contributed by atoms with Gasteiger partial charge in [0.05, 0.1) is 10.2 Å². The summed E-state index contributed by atoms with van der Waals surface area (Å²) in [4.78, 5) is 18.3. The molecule has 0 spiro atoms. The van der Waals surface area contributed by atoms with Crippen molar-refractivity contribution in [3.05, 3.63) is 57.0 Å². The number of aryl methyl sites for hydroxylation is 2. The zero-order chi connectivity index (χ0) is 16.2. The summed E-state index contributed by atoms with van der Waals surface area (Å²) in [5.41, 5.74) is 2.50. The Kier molecular flexibility index (Phi) is 4.88. The van der Waals surface area contributed by atoms with Gasteiger partial charge in [0.2, 0.25) is 0 Å². The van der Waals surface area contributed by atoms with Crippen LogP contribution < -0.4 is 4.80 Å². The van der Waals surface area contributed by atoms with Gasteiger partial charge in [0, 0.05) is 17.5 Å². The van der Waals surface area contributed by atoms with Gasteiger partial charge in [-0.3, -0.25) is 4.79 Å². The van der Waals surface area contributed by atoms with Crippen LogP contribution >= 0.6 is 22.7 Å². The molecule has 3 nitrogen and oxygen atoms in total. The van der Waals surface area contributed by atoms with Gasteiger partial charge >= 0.3 is 0 Å². The van der Waals surface area contributed by atoms with Crippen LogP contribution in [0.3, 0.4) is 0 Å². The van der Waals surface area contributed by atoms with E-state index < -0.39 is 0 Å². The fraction of sp³-hybridized carbons (Fsp3) is 0.222. The molecule has 5 heteroatoms. The lowest BCUT2D eigenvalue weighted by Crippen LogP contribution is -2.15. The second kappa shape index (κ2) is 7.06. The summed E-state index contributed by atoms with van der Waals surface area (Å²) < 4.78 is 3.32. The van der Waals surface area contributed by atoms with Crippen molar-refractivity contribution < 1.29 is 4.79 Å². The summed E-state index contributed by atoms with van der Waals surface area (Å²) in [6, 6.07) is 10.3. The Bertz CT molecular complexity index is 914. The zero-order valence-corrected chi connectivity index (χ0v) is 14.8. The molecule has 118 valence electrons. The first kappa shape index (κ1) is 15.9. The van der Waals surface area contributed by atoms with Gasteiger partial charge in [-0.25, -0.2) is 0 Å². The minimum Gasteiger partial charge on any atom is -0.316 e. The van der Waals surface area contributed by atoms with Crippen molar-refractivity contribution in [3.8, 4) is 0 Å². The van der Waals surface area contributed by atoms with Crippen molar-refractivity contribution in [3.63, 3.8) is 0 Å². The summed E-state index contributed by atoms with van der Waals surface area (Å²) in [6.45, 7) is 5.04. The highest BCUT2D eigenvalue weighted by molar-refractivity contribution is 7.16. The van der Waals surface area contributed by atoms with Crippen molar-refractivity contribution in [2.24, 2.45) is 4.99 Å². The standard InChI is InChI=1S/C18H18N2OS2/c1-3-13-7-5-9-15-17(13)20(4-2)18(23-15)19-16(21)11-10-14-8-6-12-22-14/h5-12H,3-4H2,1-2H3/b11-10+,19-18?. The molecule has 0 atom stereocenters. The number of thiophene rings is 1. The maximum atomic E-state index is 12.2. The molecular formula is C18H18N2OS2. The van der Waals surface area contributed by atoms with Crippen LogP contribution in [0.15, 0.2) is 46.8 Å². The Labute approximate surface area is 143 Å². The van der Waals surface area contributed by atoms with Crippen molar-refractivity contribution >= 4 is 44.9 Å². The van der Waals surface area contributed by atoms with E-state index in [4.69, 9.17) is 0 Å². The highest BCUT2D eigenvalue weighted by atomic mass is 32.1. The Morgan fingerprint density at radius 3 is 2.83 bits per heavy atom. The number of nitrogens with zero attached hydrogens (tertiary/aromatic N) is 2. The molecule has 3 aromatic rings. The van der Waals surface area contributed by atoms with E-state index in [-0.39, 0.29) is 5.91 Å². The number of carbonyl (C=O) groups is 1. The number of amides is 1. The van der Waals surface area contributed by atoms with Crippen LogP contribution in [0, 0.1) is 0 Å². The highest BCUT2D eigenvalue weighted by Gasteiger charge is 2.09. The monoisotopic (exact) mass is 342 g/mol. The lowest BCUT2D eigenvalue weighted by atomic mass is 10.1. The van der Waals surface area contributed by atoms with Crippen LogP contribution in [0.2, 0.25) is 0 Å². The molecule has 23 heavy (non-hydrogen) atoms. The van der Waals surface area contributed by atoms with E-state index in [1.54, 1.807) is 22.7 Å². The van der Waals surface area contributed by atoms with E-state index in [0.717, 1.165) is 22.6 Å². The molecule has 0 bridgehead atoms. The van der Waals surface area contributed by atoms with Crippen LogP contribution in [-0.2, 0) is 17.8 Å². The first-order valence-corrected chi connectivity index (χ1v) is 9.34. The Morgan fingerprint density at radius 2 is 2.13 bits per heavy atom. The van der Waals surface area contributed by atoms with Crippen LogP contribution in [0.5, 0.6) is 0 Å². The van der Waals surface area contributed by atoms with Crippen LogP contribution in [0.25, 0.3) is 16.3 Å². The number of thiazole rings is 1. The molecule has 0 aliphatic carbocycles. The summed E-state index contributed by atoms with van der Waals surface area (Å²) in [7, 11) is 0. The quantitative estimate of drug-likeness (QED) is 0.643. The number of hydrogen-bond donors (Lipinski definition) is 0. The molecule has 0 fully saturated rings. The second-order valence-corrected chi connectivity index (χ2v) is 7.03. The number of fused-ring (bicyclic) bond motifs is 1. The molecule has 0 aliphatic heterocycles. The SMILES string of the molecule is CCc1cccc2sc(=NC(=O)/C=C/c3cccs3)n(CC)c12. The van der Waals surface area contributed by atoms with E-state index in [9.17, 15) is 4.79 Å². The minimum atomic E-state index is -0.217. The largest absolute Gasteiger partial charge is 0.316 e. The lowest BCUT2D eigenvalue weighted by Gasteiger charge is -2.04. The Balaban J connectivity index is 2.03. The molecule has 0 aliphatic rings. The first-order chi connectivity index (χ1) is 11.2. The van der Waals surface area contributed by atoms with Crippen LogP contribution in [-0.4, -0.2) is 10.5 Å². The molecule has 2 heterocycles. The number of para-hydroxylation sites is 1. The predicted octanol–water partition coefficient (Wildman–Crippen LogP) is 4.49. The lowest BCUT2D eigenvalue weighted by molar-refractivity contribution is -0.113. The molecule has 0 saturated heterocycles. The minimum absolute atomic E-state index is 0.217. The van der Waals surface area contributed by atoms with Gasteiger partial charge in [0.25, 0.3) is 5.91 Å². The van der Waals surface area contributed by atoms with Gasteiger partial charge in [-0.15, -0.1) is 11.3 Å². The summed E-state index contributed by atoms with van der Waals surface area (Å²) in [6.07, 6.45) is 4.33. The fourth-order valence-electron chi connectivity index (χ4n) is 2.54. The van der Waals surface area contributed by atoms with E-state index in [1.165, 1.54) is 21.9 Å². The molecule has 2 aromatic heterocycles. The maximum absolute atomic E-state index is 12.2. The van der Waals surface area contributed by atoms with Crippen molar-refractivity contribution in [2.75, 3.05) is 0 Å². The summed E-state index contributed by atoms with van der Waals surface area (Å²) in [5, 5.41) is 1.99. The number of rotatable bonds is 4. The average molecular weight is 342 g/mol.